The van der Waals surface area contributed by atoms with Gasteiger partial charge in [0.15, 0.2) is 0 Å². The fourth-order valence-corrected chi connectivity index (χ4v) is 1.09. The summed E-state index contributed by atoms with van der Waals surface area (Å²) in [6, 6.07) is -0.715. The van der Waals surface area contributed by atoms with E-state index in [1.165, 1.54) is 0 Å². The maximum Gasteiger partial charge on any atom is 0.110 e. The van der Waals surface area contributed by atoms with Crippen molar-refractivity contribution in [3.05, 3.63) is 0 Å². The van der Waals surface area contributed by atoms with Crippen molar-refractivity contribution in [2.45, 2.75) is 36.9 Å². The summed E-state index contributed by atoms with van der Waals surface area (Å²) >= 11 is 0. The van der Waals surface area contributed by atoms with Gasteiger partial charge < -0.3 is 36.4 Å². The van der Waals surface area contributed by atoms with Gasteiger partial charge in [-0.1, -0.05) is 0 Å². The summed E-state index contributed by atoms with van der Waals surface area (Å²) in [7, 11) is 0. The zero-order chi connectivity index (χ0) is 12.0. The summed E-state index contributed by atoms with van der Waals surface area (Å²) < 4.78 is 0. The molecule has 0 heterocycles. The molecule has 0 bridgehead atoms. The van der Waals surface area contributed by atoms with Crippen LogP contribution in [-0.2, 0) is 0 Å². The van der Waals surface area contributed by atoms with Crippen LogP contribution in [-0.4, -0.2) is 74.3 Å². The van der Waals surface area contributed by atoms with Gasteiger partial charge >= 0.3 is 0 Å². The first-order valence-corrected chi connectivity index (χ1v) is 4.63. The Balaban J connectivity index is 4.12. The normalized spacial score (nSPS) is 21.8. The summed E-state index contributed by atoms with van der Waals surface area (Å²) in [6.45, 7) is -1.08. The number of rotatable bonds is 7. The highest BCUT2D eigenvalue weighted by Gasteiger charge is 2.30. The Kier molecular flexibility index (Phi) is 6.94. The number of aliphatic hydroxyl groups excluding tert-OH is 6. The molecule has 0 saturated carbocycles. The molecule has 0 aliphatic rings. The lowest BCUT2D eigenvalue weighted by atomic mass is 9.98. The molecule has 0 aliphatic carbocycles. The van der Waals surface area contributed by atoms with Crippen LogP contribution in [0.2, 0.25) is 0 Å². The van der Waals surface area contributed by atoms with Gasteiger partial charge in [-0.05, 0) is 6.42 Å². The third-order valence-corrected chi connectivity index (χ3v) is 2.10. The largest absolute Gasteiger partial charge is 0.395 e. The van der Waals surface area contributed by atoms with Crippen LogP contribution in [0.25, 0.3) is 0 Å². The minimum atomic E-state index is -1.66. The van der Waals surface area contributed by atoms with Crippen molar-refractivity contribution in [3.63, 3.8) is 0 Å². The zero-order valence-electron chi connectivity index (χ0n) is 8.27. The molecule has 8 N–H and O–H groups in total. The van der Waals surface area contributed by atoms with Gasteiger partial charge in [-0.3, -0.25) is 0 Å². The van der Waals surface area contributed by atoms with Crippen molar-refractivity contribution in [1.29, 1.82) is 0 Å². The summed E-state index contributed by atoms with van der Waals surface area (Å²) in [5, 5.41) is 54.0. The van der Waals surface area contributed by atoms with Crippen LogP contribution in [0.5, 0.6) is 0 Å². The minimum Gasteiger partial charge on any atom is -0.395 e. The number of nitrogens with two attached hydrogens (primary N) is 1. The Morgan fingerprint density at radius 3 is 1.67 bits per heavy atom. The molecule has 0 spiro atoms. The molecular formula is C8H19NO6. The third kappa shape index (κ3) is 4.85. The maximum absolute atomic E-state index is 9.34. The fraction of sp³-hybridized carbons (Fsp3) is 1.00. The second-order valence-electron chi connectivity index (χ2n) is 3.48. The summed E-state index contributed by atoms with van der Waals surface area (Å²) in [5.41, 5.74) is 5.31. The molecule has 92 valence electrons. The zero-order valence-corrected chi connectivity index (χ0v) is 8.27. The van der Waals surface area contributed by atoms with E-state index in [-0.39, 0.29) is 13.0 Å². The fourth-order valence-electron chi connectivity index (χ4n) is 1.09. The van der Waals surface area contributed by atoms with Crippen molar-refractivity contribution < 1.29 is 30.6 Å². The second-order valence-corrected chi connectivity index (χ2v) is 3.48. The Morgan fingerprint density at radius 2 is 1.27 bits per heavy atom. The van der Waals surface area contributed by atoms with Gasteiger partial charge in [-0.25, -0.2) is 0 Å². The van der Waals surface area contributed by atoms with Crippen molar-refractivity contribution in [2.75, 3.05) is 13.2 Å². The van der Waals surface area contributed by atoms with Crippen LogP contribution >= 0.6 is 0 Å². The van der Waals surface area contributed by atoms with E-state index in [9.17, 15) is 15.3 Å². The molecule has 1 unspecified atom stereocenters. The molecule has 0 saturated heterocycles. The van der Waals surface area contributed by atoms with Crippen LogP contribution < -0.4 is 5.73 Å². The number of aliphatic hydroxyl groups is 6. The van der Waals surface area contributed by atoms with E-state index in [1.807, 2.05) is 0 Å². The molecule has 5 atom stereocenters. The van der Waals surface area contributed by atoms with Gasteiger partial charge in [0.05, 0.1) is 19.3 Å². The highest BCUT2D eigenvalue weighted by molar-refractivity contribution is 4.82. The first kappa shape index (κ1) is 14.7. The van der Waals surface area contributed by atoms with Gasteiger partial charge in [0.1, 0.15) is 18.3 Å². The summed E-state index contributed by atoms with van der Waals surface area (Å²) in [4.78, 5) is 0. The minimum absolute atomic E-state index is 0.118. The molecular weight excluding hydrogens is 206 g/mol. The van der Waals surface area contributed by atoms with Gasteiger partial charge in [0, 0.05) is 6.04 Å². The number of hydrogen-bond acceptors (Lipinski definition) is 7. The molecule has 7 heteroatoms. The number of hydrogen-bond donors (Lipinski definition) is 7. The van der Waals surface area contributed by atoms with E-state index in [2.05, 4.69) is 0 Å². The van der Waals surface area contributed by atoms with Gasteiger partial charge in [-0.15, -0.1) is 0 Å². The van der Waals surface area contributed by atoms with Gasteiger partial charge in [-0.2, -0.15) is 0 Å². The van der Waals surface area contributed by atoms with Crippen LogP contribution in [0, 0.1) is 0 Å². The molecule has 0 radical (unpaired) electrons. The van der Waals surface area contributed by atoms with Gasteiger partial charge in [0.2, 0.25) is 0 Å². The van der Waals surface area contributed by atoms with Crippen molar-refractivity contribution in [3.8, 4) is 0 Å². The monoisotopic (exact) mass is 225 g/mol. The first-order chi connectivity index (χ1) is 6.93. The Hall–Kier alpha value is -0.280. The maximum atomic E-state index is 9.34. The van der Waals surface area contributed by atoms with E-state index >= 15 is 0 Å². The summed E-state index contributed by atoms with van der Waals surface area (Å²) in [5.74, 6) is 0. The molecule has 0 amide bonds. The highest BCUT2D eigenvalue weighted by Crippen LogP contribution is 2.09. The Morgan fingerprint density at radius 1 is 0.800 bits per heavy atom. The van der Waals surface area contributed by atoms with Crippen LogP contribution in [0.4, 0.5) is 0 Å². The van der Waals surface area contributed by atoms with E-state index in [4.69, 9.17) is 21.1 Å². The van der Waals surface area contributed by atoms with Crippen molar-refractivity contribution in [2.24, 2.45) is 5.73 Å². The average molecular weight is 225 g/mol. The molecule has 0 fully saturated rings. The molecule has 0 aliphatic heterocycles. The van der Waals surface area contributed by atoms with E-state index in [0.717, 1.165) is 0 Å². The quantitative estimate of drug-likeness (QED) is 0.234. The second kappa shape index (κ2) is 7.07. The van der Waals surface area contributed by atoms with E-state index < -0.39 is 37.1 Å². The lowest BCUT2D eigenvalue weighted by molar-refractivity contribution is -0.117. The van der Waals surface area contributed by atoms with Crippen molar-refractivity contribution in [1.82, 2.24) is 0 Å². The smallest absolute Gasteiger partial charge is 0.110 e. The molecule has 0 rings (SSSR count). The van der Waals surface area contributed by atoms with E-state index in [1.54, 1.807) is 0 Å². The summed E-state index contributed by atoms with van der Waals surface area (Å²) in [6.07, 6.45) is -6.30. The molecule has 15 heavy (non-hydrogen) atoms. The predicted octanol–water partition coefficient (Wildman–Crippen LogP) is -3.87. The van der Waals surface area contributed by atoms with Crippen LogP contribution in [0.15, 0.2) is 0 Å². The highest BCUT2D eigenvalue weighted by atomic mass is 16.4. The standard InChI is InChI=1S/C8H19NO6/c9-4(2-10)1-5(12)7(14)8(15)6(13)3-11/h4-8,10-15H,1-3,9H2/t4?,5-,6+,7+,8+/m0/s1. The van der Waals surface area contributed by atoms with E-state index in [0.29, 0.717) is 0 Å². The van der Waals surface area contributed by atoms with Crippen LogP contribution in [0.1, 0.15) is 6.42 Å². The van der Waals surface area contributed by atoms with Crippen molar-refractivity contribution >= 4 is 0 Å². The SMILES string of the molecule is NC(CO)C[C@H](O)[C@@H](O)[C@H](O)[C@H](O)CO. The molecule has 0 aromatic carbocycles. The molecule has 7 nitrogen and oxygen atoms in total. The molecule has 0 aromatic rings. The average Bonchev–Trinajstić information content (AvgIpc) is 2.25. The molecule has 0 aromatic heterocycles. The Bertz CT molecular complexity index is 169. The van der Waals surface area contributed by atoms with Crippen LogP contribution in [0.3, 0.4) is 0 Å². The topological polar surface area (TPSA) is 147 Å². The lowest BCUT2D eigenvalue weighted by Gasteiger charge is -2.26. The lowest BCUT2D eigenvalue weighted by Crippen LogP contribution is -2.47. The Labute approximate surface area is 87.4 Å². The first-order valence-electron chi connectivity index (χ1n) is 4.63. The predicted molar refractivity (Wildman–Crippen MR) is 50.8 cm³/mol. The third-order valence-electron chi connectivity index (χ3n) is 2.10. The van der Waals surface area contributed by atoms with Gasteiger partial charge in [0.25, 0.3) is 0 Å².